The first kappa shape index (κ1) is 19.3. The Morgan fingerprint density at radius 2 is 1.83 bits per heavy atom. The molecule has 2 aromatic rings. The van der Waals surface area contributed by atoms with E-state index in [9.17, 15) is 9.59 Å². The first-order chi connectivity index (χ1) is 14.0. The zero-order chi connectivity index (χ0) is 20.4. The van der Waals surface area contributed by atoms with Crippen LogP contribution in [-0.4, -0.2) is 30.7 Å². The Bertz CT molecular complexity index is 928. The molecule has 152 valence electrons. The Kier molecular flexibility index (Phi) is 5.40. The number of fused-ring (bicyclic) bond motifs is 2. The van der Waals surface area contributed by atoms with E-state index < -0.39 is 6.04 Å². The molecule has 2 aliphatic rings. The fourth-order valence-corrected chi connectivity index (χ4v) is 3.62. The standard InChI is InChI=1S/C22H25N3O4/c1-13(2)20(22(27)24-16-7-8-18-19(10-16)29-12-28-18)25-21(26)17-9-14-5-3-4-6-15(14)11-23-17/h3-8,10,13,17,20,23H,9,11-12H2,1-2H3,(H,24,27)(H,25,26)/t17-,20+/m1/s1. The minimum absolute atomic E-state index is 0.0659. The molecule has 2 atom stereocenters. The van der Waals surface area contributed by atoms with Gasteiger partial charge in [0.15, 0.2) is 11.5 Å². The number of amides is 2. The summed E-state index contributed by atoms with van der Waals surface area (Å²) in [6.45, 7) is 4.64. The number of ether oxygens (including phenoxy) is 2. The number of benzene rings is 2. The first-order valence-electron chi connectivity index (χ1n) is 9.82. The van der Waals surface area contributed by atoms with Gasteiger partial charge in [0.1, 0.15) is 6.04 Å². The second-order valence-electron chi connectivity index (χ2n) is 7.69. The molecule has 7 nitrogen and oxygen atoms in total. The number of hydrogen-bond acceptors (Lipinski definition) is 5. The highest BCUT2D eigenvalue weighted by atomic mass is 16.7. The number of carbonyl (C=O) groups excluding carboxylic acids is 2. The van der Waals surface area contributed by atoms with E-state index in [-0.39, 0.29) is 30.6 Å². The molecular weight excluding hydrogens is 370 g/mol. The van der Waals surface area contributed by atoms with Crippen LogP contribution in [-0.2, 0) is 22.6 Å². The van der Waals surface area contributed by atoms with Crippen LogP contribution in [0.2, 0.25) is 0 Å². The molecule has 0 unspecified atom stereocenters. The maximum absolute atomic E-state index is 12.9. The maximum atomic E-state index is 12.9. The molecule has 2 aliphatic heterocycles. The summed E-state index contributed by atoms with van der Waals surface area (Å²) in [5.74, 6) is 0.754. The maximum Gasteiger partial charge on any atom is 0.247 e. The molecule has 0 saturated carbocycles. The molecular formula is C22H25N3O4. The predicted octanol–water partition coefficient (Wildman–Crippen LogP) is 2.21. The van der Waals surface area contributed by atoms with Crippen LogP contribution in [0.15, 0.2) is 42.5 Å². The lowest BCUT2D eigenvalue weighted by molar-refractivity contribution is -0.128. The van der Waals surface area contributed by atoms with E-state index in [4.69, 9.17) is 9.47 Å². The summed E-state index contributed by atoms with van der Waals surface area (Å²) in [6.07, 6.45) is 0.608. The van der Waals surface area contributed by atoms with Gasteiger partial charge in [0.25, 0.3) is 0 Å². The van der Waals surface area contributed by atoms with Crippen molar-refractivity contribution in [1.82, 2.24) is 10.6 Å². The molecule has 4 rings (SSSR count). The third kappa shape index (κ3) is 4.19. The van der Waals surface area contributed by atoms with Crippen LogP contribution >= 0.6 is 0 Å². The van der Waals surface area contributed by atoms with Gasteiger partial charge in [-0.2, -0.15) is 0 Å². The summed E-state index contributed by atoms with van der Waals surface area (Å²) in [5, 5.41) is 9.05. The van der Waals surface area contributed by atoms with Crippen molar-refractivity contribution in [2.75, 3.05) is 12.1 Å². The van der Waals surface area contributed by atoms with Gasteiger partial charge < -0.3 is 25.4 Å². The molecule has 2 amide bonds. The third-order valence-electron chi connectivity index (χ3n) is 5.28. The summed E-state index contributed by atoms with van der Waals surface area (Å²) in [5.41, 5.74) is 2.97. The van der Waals surface area contributed by atoms with Crippen LogP contribution in [0.4, 0.5) is 5.69 Å². The number of hydrogen-bond donors (Lipinski definition) is 3. The summed E-state index contributed by atoms with van der Waals surface area (Å²) >= 11 is 0. The van der Waals surface area contributed by atoms with Crippen molar-refractivity contribution in [2.24, 2.45) is 5.92 Å². The van der Waals surface area contributed by atoms with Crippen LogP contribution in [0, 0.1) is 5.92 Å². The number of carbonyl (C=O) groups is 2. The zero-order valence-corrected chi connectivity index (χ0v) is 16.5. The largest absolute Gasteiger partial charge is 0.454 e. The minimum Gasteiger partial charge on any atom is -0.454 e. The SMILES string of the molecule is CC(C)[C@H](NC(=O)[C@H]1Cc2ccccc2CN1)C(=O)Nc1ccc2c(c1)OCO2. The molecule has 0 aromatic heterocycles. The fraction of sp³-hybridized carbons (Fsp3) is 0.364. The van der Waals surface area contributed by atoms with Crippen LogP contribution in [0.5, 0.6) is 11.5 Å². The Hall–Kier alpha value is -3.06. The lowest BCUT2D eigenvalue weighted by Crippen LogP contribution is -2.54. The van der Waals surface area contributed by atoms with Crippen LogP contribution in [0.25, 0.3) is 0 Å². The van der Waals surface area contributed by atoms with Crippen LogP contribution in [0.3, 0.4) is 0 Å². The smallest absolute Gasteiger partial charge is 0.247 e. The molecule has 0 bridgehead atoms. The third-order valence-corrected chi connectivity index (χ3v) is 5.28. The van der Waals surface area contributed by atoms with E-state index in [1.54, 1.807) is 18.2 Å². The number of nitrogens with one attached hydrogen (secondary N) is 3. The summed E-state index contributed by atoms with van der Waals surface area (Å²) in [7, 11) is 0. The fourth-order valence-electron chi connectivity index (χ4n) is 3.62. The molecule has 2 aromatic carbocycles. The lowest BCUT2D eigenvalue weighted by Gasteiger charge is -2.28. The van der Waals surface area contributed by atoms with Crippen LogP contribution < -0.4 is 25.4 Å². The van der Waals surface area contributed by atoms with Crippen molar-refractivity contribution in [3.05, 3.63) is 53.6 Å². The van der Waals surface area contributed by atoms with Gasteiger partial charge in [-0.05, 0) is 35.6 Å². The van der Waals surface area contributed by atoms with Crippen molar-refractivity contribution in [2.45, 2.75) is 38.9 Å². The van der Waals surface area contributed by atoms with E-state index in [1.165, 1.54) is 5.56 Å². The summed E-state index contributed by atoms with van der Waals surface area (Å²) in [4.78, 5) is 25.7. The van der Waals surface area contributed by atoms with Crippen molar-refractivity contribution >= 4 is 17.5 Å². The van der Waals surface area contributed by atoms with Gasteiger partial charge in [0.05, 0.1) is 6.04 Å². The second kappa shape index (κ2) is 8.13. The molecule has 0 fully saturated rings. The Morgan fingerprint density at radius 1 is 1.07 bits per heavy atom. The molecule has 2 heterocycles. The van der Waals surface area contributed by atoms with Crippen molar-refractivity contribution < 1.29 is 19.1 Å². The van der Waals surface area contributed by atoms with Gasteiger partial charge in [-0.15, -0.1) is 0 Å². The van der Waals surface area contributed by atoms with Gasteiger partial charge in [-0.3, -0.25) is 9.59 Å². The Balaban J connectivity index is 1.41. The van der Waals surface area contributed by atoms with E-state index in [0.717, 1.165) is 5.56 Å². The van der Waals surface area contributed by atoms with Gasteiger partial charge in [-0.1, -0.05) is 38.1 Å². The van der Waals surface area contributed by atoms with Gasteiger partial charge in [-0.25, -0.2) is 0 Å². The monoisotopic (exact) mass is 395 g/mol. The normalized spacial score (nSPS) is 18.1. The van der Waals surface area contributed by atoms with Crippen molar-refractivity contribution in [3.63, 3.8) is 0 Å². The number of anilines is 1. The lowest BCUT2D eigenvalue weighted by atomic mass is 9.94. The Morgan fingerprint density at radius 3 is 2.62 bits per heavy atom. The number of rotatable bonds is 5. The molecule has 0 spiro atoms. The van der Waals surface area contributed by atoms with Gasteiger partial charge in [0, 0.05) is 18.3 Å². The molecule has 7 heteroatoms. The minimum atomic E-state index is -0.646. The Labute approximate surface area is 169 Å². The highest BCUT2D eigenvalue weighted by Crippen LogP contribution is 2.34. The van der Waals surface area contributed by atoms with E-state index in [2.05, 4.69) is 22.0 Å². The molecule has 29 heavy (non-hydrogen) atoms. The molecule has 0 aliphatic carbocycles. The highest BCUT2D eigenvalue weighted by molar-refractivity contribution is 5.98. The summed E-state index contributed by atoms with van der Waals surface area (Å²) < 4.78 is 10.6. The van der Waals surface area contributed by atoms with E-state index in [0.29, 0.717) is 30.2 Å². The average Bonchev–Trinajstić information content (AvgIpc) is 3.19. The van der Waals surface area contributed by atoms with Crippen molar-refractivity contribution in [1.29, 1.82) is 0 Å². The van der Waals surface area contributed by atoms with Gasteiger partial charge >= 0.3 is 0 Å². The van der Waals surface area contributed by atoms with E-state index in [1.807, 2.05) is 32.0 Å². The summed E-state index contributed by atoms with van der Waals surface area (Å²) in [6, 6.07) is 12.3. The topological polar surface area (TPSA) is 88.7 Å². The zero-order valence-electron chi connectivity index (χ0n) is 16.5. The van der Waals surface area contributed by atoms with E-state index >= 15 is 0 Å². The molecule has 3 N–H and O–H groups in total. The van der Waals surface area contributed by atoms with Crippen molar-refractivity contribution in [3.8, 4) is 11.5 Å². The van der Waals surface area contributed by atoms with Crippen LogP contribution in [0.1, 0.15) is 25.0 Å². The second-order valence-corrected chi connectivity index (χ2v) is 7.69. The first-order valence-corrected chi connectivity index (χ1v) is 9.82. The van der Waals surface area contributed by atoms with Gasteiger partial charge in [0.2, 0.25) is 18.6 Å². The molecule has 0 radical (unpaired) electrons. The quantitative estimate of drug-likeness (QED) is 0.722. The average molecular weight is 395 g/mol. The highest BCUT2D eigenvalue weighted by Gasteiger charge is 2.30. The molecule has 0 saturated heterocycles. The predicted molar refractivity (Wildman–Crippen MR) is 109 cm³/mol.